The average Bonchev–Trinajstić information content (AvgIpc) is 3.44. The van der Waals surface area contributed by atoms with Crippen LogP contribution in [0.25, 0.3) is 11.1 Å². The third kappa shape index (κ3) is 6.02. The molecule has 0 spiro atoms. The van der Waals surface area contributed by atoms with Gasteiger partial charge in [0.1, 0.15) is 6.61 Å². The summed E-state index contributed by atoms with van der Waals surface area (Å²) in [6.07, 6.45) is 3.02. The molecule has 186 valence electrons. The number of ether oxygens (including phenoxy) is 1. The first-order valence-corrected chi connectivity index (χ1v) is 12.5. The van der Waals surface area contributed by atoms with E-state index in [0.29, 0.717) is 32.4 Å². The molecule has 2 aromatic rings. The first-order chi connectivity index (χ1) is 16.9. The molecule has 1 aliphatic heterocycles. The second-order valence-corrected chi connectivity index (χ2v) is 9.67. The van der Waals surface area contributed by atoms with Crippen molar-refractivity contribution in [1.29, 1.82) is 0 Å². The molecule has 0 bridgehead atoms. The van der Waals surface area contributed by atoms with E-state index in [-0.39, 0.29) is 36.8 Å². The van der Waals surface area contributed by atoms with Gasteiger partial charge >= 0.3 is 12.1 Å². The van der Waals surface area contributed by atoms with Gasteiger partial charge in [0.2, 0.25) is 5.91 Å². The number of likely N-dealkylation sites (tertiary alicyclic amines) is 1. The van der Waals surface area contributed by atoms with Gasteiger partial charge in [0.25, 0.3) is 0 Å². The largest absolute Gasteiger partial charge is 0.481 e. The number of hydrogen-bond donors (Lipinski definition) is 2. The highest BCUT2D eigenvalue weighted by Crippen LogP contribution is 2.44. The third-order valence-electron chi connectivity index (χ3n) is 7.16. The molecule has 2 atom stereocenters. The number of nitrogens with one attached hydrogen (secondary N) is 1. The molecule has 7 nitrogen and oxygen atoms in total. The lowest BCUT2D eigenvalue weighted by Crippen LogP contribution is -2.37. The highest BCUT2D eigenvalue weighted by Gasteiger charge is 2.30. The first kappa shape index (κ1) is 24.8. The number of hydrogen-bond acceptors (Lipinski definition) is 4. The molecule has 0 aromatic heterocycles. The molecular weight excluding hydrogens is 444 g/mol. The Bertz CT molecular complexity index is 1020. The van der Waals surface area contributed by atoms with Crippen molar-refractivity contribution >= 4 is 18.0 Å². The van der Waals surface area contributed by atoms with Crippen molar-refractivity contribution in [1.82, 2.24) is 10.2 Å². The standard InChI is InChI=1S/C28H34N2O5/c1-19(17-26(31)30-16-6-7-20(30)12-13-27(32)33)14-15-29-28(34)35-18-25-23-10-4-2-8-21(23)22-9-3-5-11-24(22)25/h2-5,8-11,19-20,25H,6-7,12-18H2,1H3,(H,29,34)(H,32,33). The maximum Gasteiger partial charge on any atom is 0.407 e. The molecule has 1 aliphatic carbocycles. The van der Waals surface area contributed by atoms with Crippen LogP contribution in [0.1, 0.15) is 62.5 Å². The van der Waals surface area contributed by atoms with Gasteiger partial charge in [-0.1, -0.05) is 55.5 Å². The van der Waals surface area contributed by atoms with Crippen LogP contribution < -0.4 is 5.32 Å². The van der Waals surface area contributed by atoms with Crippen molar-refractivity contribution in [3.63, 3.8) is 0 Å². The number of nitrogens with zero attached hydrogens (tertiary/aromatic N) is 1. The quantitative estimate of drug-likeness (QED) is 0.512. The van der Waals surface area contributed by atoms with Crippen LogP contribution in [0.4, 0.5) is 4.79 Å². The first-order valence-electron chi connectivity index (χ1n) is 12.5. The number of rotatable bonds is 10. The maximum absolute atomic E-state index is 12.7. The van der Waals surface area contributed by atoms with Crippen molar-refractivity contribution in [2.24, 2.45) is 5.92 Å². The lowest BCUT2D eigenvalue weighted by molar-refractivity contribution is -0.139. The van der Waals surface area contributed by atoms with Crippen LogP contribution in [0.15, 0.2) is 48.5 Å². The fourth-order valence-electron chi connectivity index (χ4n) is 5.34. The van der Waals surface area contributed by atoms with Crippen LogP contribution in [0.5, 0.6) is 0 Å². The lowest BCUT2D eigenvalue weighted by Gasteiger charge is -2.25. The van der Waals surface area contributed by atoms with Crippen LogP contribution in [-0.2, 0) is 14.3 Å². The zero-order valence-corrected chi connectivity index (χ0v) is 20.2. The van der Waals surface area contributed by atoms with Crippen LogP contribution in [-0.4, -0.2) is 53.7 Å². The predicted octanol–water partition coefficient (Wildman–Crippen LogP) is 4.80. The van der Waals surface area contributed by atoms with Crippen LogP contribution in [0.2, 0.25) is 0 Å². The van der Waals surface area contributed by atoms with Gasteiger partial charge in [-0.15, -0.1) is 0 Å². The third-order valence-corrected chi connectivity index (χ3v) is 7.16. The van der Waals surface area contributed by atoms with Gasteiger partial charge < -0.3 is 20.1 Å². The van der Waals surface area contributed by atoms with Crippen LogP contribution in [0, 0.1) is 5.92 Å². The zero-order valence-electron chi connectivity index (χ0n) is 20.2. The van der Waals surface area contributed by atoms with E-state index in [9.17, 15) is 14.4 Å². The Morgan fingerprint density at radius 2 is 1.74 bits per heavy atom. The van der Waals surface area contributed by atoms with Crippen molar-refractivity contribution in [3.05, 3.63) is 59.7 Å². The Balaban J connectivity index is 1.19. The molecule has 2 aromatic carbocycles. The van der Waals surface area contributed by atoms with Crippen molar-refractivity contribution in [2.75, 3.05) is 19.7 Å². The average molecular weight is 479 g/mol. The number of benzene rings is 2. The minimum absolute atomic E-state index is 0.0271. The minimum Gasteiger partial charge on any atom is -0.481 e. The summed E-state index contributed by atoms with van der Waals surface area (Å²) in [6.45, 7) is 3.42. The molecule has 7 heteroatoms. The summed E-state index contributed by atoms with van der Waals surface area (Å²) in [7, 11) is 0. The second kappa shape index (κ2) is 11.4. The number of carbonyl (C=O) groups is 3. The van der Waals surface area contributed by atoms with Gasteiger partial charge in [-0.2, -0.15) is 0 Å². The maximum atomic E-state index is 12.7. The van der Waals surface area contributed by atoms with Crippen LogP contribution in [0.3, 0.4) is 0 Å². The molecule has 1 heterocycles. The summed E-state index contributed by atoms with van der Waals surface area (Å²) in [5, 5.41) is 11.7. The Labute approximate surface area is 206 Å². The fraction of sp³-hybridized carbons (Fsp3) is 0.464. The number of alkyl carbamates (subject to hydrolysis) is 1. The normalized spacial score (nSPS) is 17.5. The van der Waals surface area contributed by atoms with E-state index in [4.69, 9.17) is 9.84 Å². The van der Waals surface area contributed by atoms with Gasteiger partial charge in [0, 0.05) is 37.9 Å². The second-order valence-electron chi connectivity index (χ2n) is 9.67. The molecule has 0 radical (unpaired) electrons. The molecule has 2 amide bonds. The Morgan fingerprint density at radius 3 is 2.40 bits per heavy atom. The highest BCUT2D eigenvalue weighted by molar-refractivity contribution is 5.79. The smallest absolute Gasteiger partial charge is 0.407 e. The lowest BCUT2D eigenvalue weighted by atomic mass is 9.98. The summed E-state index contributed by atoms with van der Waals surface area (Å²) in [4.78, 5) is 37.8. The zero-order chi connectivity index (χ0) is 24.8. The monoisotopic (exact) mass is 478 g/mol. The predicted molar refractivity (Wildman–Crippen MR) is 133 cm³/mol. The minimum atomic E-state index is -0.822. The van der Waals surface area contributed by atoms with E-state index < -0.39 is 12.1 Å². The van der Waals surface area contributed by atoms with E-state index >= 15 is 0 Å². The summed E-state index contributed by atoms with van der Waals surface area (Å²) in [5.74, 6) is -0.611. The van der Waals surface area contributed by atoms with Gasteiger partial charge in [-0.25, -0.2) is 4.79 Å². The number of carboxylic acids is 1. The highest BCUT2D eigenvalue weighted by atomic mass is 16.5. The molecule has 2 N–H and O–H groups in total. The van der Waals surface area contributed by atoms with E-state index in [1.54, 1.807) is 0 Å². The molecule has 2 unspecified atom stereocenters. The molecule has 2 aliphatic rings. The number of carbonyl (C=O) groups excluding carboxylic acids is 2. The van der Waals surface area contributed by atoms with Gasteiger partial charge in [0.05, 0.1) is 0 Å². The van der Waals surface area contributed by atoms with Crippen molar-refractivity contribution in [2.45, 2.75) is 57.4 Å². The molecule has 1 fully saturated rings. The molecule has 0 saturated carbocycles. The Morgan fingerprint density at radius 1 is 1.09 bits per heavy atom. The summed E-state index contributed by atoms with van der Waals surface area (Å²) in [5.41, 5.74) is 4.74. The fourth-order valence-corrected chi connectivity index (χ4v) is 5.34. The van der Waals surface area contributed by atoms with Gasteiger partial charge in [0.15, 0.2) is 0 Å². The SMILES string of the molecule is CC(CCNC(=O)OCC1c2ccccc2-c2ccccc21)CC(=O)N1CCCC1CCC(=O)O. The number of carboxylic acid groups (broad SMARTS) is 1. The molecular formula is C28H34N2O5. The van der Waals surface area contributed by atoms with E-state index in [0.717, 1.165) is 12.8 Å². The summed E-state index contributed by atoms with van der Waals surface area (Å²) in [6, 6.07) is 16.5. The molecule has 4 rings (SSSR count). The summed E-state index contributed by atoms with van der Waals surface area (Å²) >= 11 is 0. The number of aliphatic carboxylic acids is 1. The molecule has 1 saturated heterocycles. The summed E-state index contributed by atoms with van der Waals surface area (Å²) < 4.78 is 5.57. The Hall–Kier alpha value is -3.35. The molecule has 35 heavy (non-hydrogen) atoms. The number of amides is 2. The Kier molecular flexibility index (Phi) is 8.06. The number of fused-ring (bicyclic) bond motifs is 3. The van der Waals surface area contributed by atoms with Gasteiger partial charge in [-0.3, -0.25) is 9.59 Å². The van der Waals surface area contributed by atoms with Crippen molar-refractivity contribution in [3.8, 4) is 11.1 Å². The van der Waals surface area contributed by atoms with E-state index in [2.05, 4.69) is 29.6 Å². The topological polar surface area (TPSA) is 95.9 Å². The van der Waals surface area contributed by atoms with Crippen LogP contribution >= 0.6 is 0 Å². The van der Waals surface area contributed by atoms with Gasteiger partial charge in [-0.05, 0) is 53.9 Å². The van der Waals surface area contributed by atoms with E-state index in [1.807, 2.05) is 36.1 Å². The van der Waals surface area contributed by atoms with E-state index in [1.165, 1.54) is 22.3 Å². The van der Waals surface area contributed by atoms with Crippen molar-refractivity contribution < 1.29 is 24.2 Å².